The molecule has 1 aromatic carbocycles. The van der Waals surface area contributed by atoms with E-state index in [1.54, 1.807) is 6.20 Å². The highest BCUT2D eigenvalue weighted by molar-refractivity contribution is 5.19. The quantitative estimate of drug-likeness (QED) is 0.838. The summed E-state index contributed by atoms with van der Waals surface area (Å²) in [6.07, 6.45) is 2.52. The van der Waals surface area contributed by atoms with Crippen LogP contribution >= 0.6 is 0 Å². The van der Waals surface area contributed by atoms with Crippen LogP contribution in [0.3, 0.4) is 0 Å². The lowest BCUT2D eigenvalue weighted by molar-refractivity contribution is 0.583. The fourth-order valence-corrected chi connectivity index (χ4v) is 1.34. The Morgan fingerprint density at radius 1 is 1.20 bits per heavy atom. The number of aromatic nitrogens is 3. The van der Waals surface area contributed by atoms with Crippen LogP contribution in [-0.2, 0) is 12.8 Å². The van der Waals surface area contributed by atoms with Gasteiger partial charge in [-0.2, -0.15) is 15.4 Å². The maximum Gasteiger partial charge on any atom is 0.126 e. The van der Waals surface area contributed by atoms with Gasteiger partial charge in [-0.1, -0.05) is 0 Å². The molecular formula is C10H9F2N3. The molecule has 1 aromatic heterocycles. The number of nitrogens with zero attached hydrogens (tertiary/aromatic N) is 2. The van der Waals surface area contributed by atoms with Gasteiger partial charge in [0.1, 0.15) is 11.6 Å². The number of aryl methyl sites for hydroxylation is 2. The second kappa shape index (κ2) is 4.16. The second-order valence-corrected chi connectivity index (χ2v) is 3.20. The normalized spacial score (nSPS) is 10.5. The van der Waals surface area contributed by atoms with Crippen molar-refractivity contribution >= 4 is 0 Å². The van der Waals surface area contributed by atoms with E-state index in [2.05, 4.69) is 15.4 Å². The van der Waals surface area contributed by atoms with E-state index in [4.69, 9.17) is 0 Å². The molecule has 2 aromatic rings. The molecule has 0 spiro atoms. The molecule has 0 fully saturated rings. The summed E-state index contributed by atoms with van der Waals surface area (Å²) in [5.74, 6) is -0.813. The van der Waals surface area contributed by atoms with E-state index in [1.165, 1.54) is 6.07 Å². The van der Waals surface area contributed by atoms with Crippen LogP contribution in [0.15, 0.2) is 24.4 Å². The number of rotatable bonds is 3. The maximum absolute atomic E-state index is 13.2. The number of hydrogen-bond acceptors (Lipinski definition) is 2. The predicted octanol–water partition coefficient (Wildman–Crippen LogP) is 1.87. The van der Waals surface area contributed by atoms with Crippen LogP contribution in [0, 0.1) is 11.6 Å². The number of halogens is 2. The van der Waals surface area contributed by atoms with Crippen molar-refractivity contribution in [1.29, 1.82) is 0 Å². The molecule has 0 amide bonds. The Labute approximate surface area is 85.1 Å². The molecule has 0 aliphatic carbocycles. The minimum absolute atomic E-state index is 0.359. The number of nitrogens with one attached hydrogen (secondary N) is 1. The van der Waals surface area contributed by atoms with Gasteiger partial charge < -0.3 is 0 Å². The summed E-state index contributed by atoms with van der Waals surface area (Å²) in [6, 6.07) is 3.44. The Morgan fingerprint density at radius 2 is 2.07 bits per heavy atom. The van der Waals surface area contributed by atoms with Gasteiger partial charge in [0.15, 0.2) is 0 Å². The zero-order chi connectivity index (χ0) is 10.7. The van der Waals surface area contributed by atoms with Crippen molar-refractivity contribution in [2.45, 2.75) is 12.8 Å². The summed E-state index contributed by atoms with van der Waals surface area (Å²) in [5, 5.41) is 9.93. The third-order valence-corrected chi connectivity index (χ3v) is 2.12. The van der Waals surface area contributed by atoms with Crippen molar-refractivity contribution in [1.82, 2.24) is 15.4 Å². The first kappa shape index (κ1) is 9.76. The lowest BCUT2D eigenvalue weighted by Gasteiger charge is -2.01. The Kier molecular flexibility index (Phi) is 2.71. The monoisotopic (exact) mass is 209 g/mol. The van der Waals surface area contributed by atoms with Crippen molar-refractivity contribution in [3.8, 4) is 0 Å². The average Bonchev–Trinajstić information content (AvgIpc) is 2.72. The molecule has 5 heteroatoms. The third-order valence-electron chi connectivity index (χ3n) is 2.12. The lowest BCUT2D eigenvalue weighted by Crippen LogP contribution is -1.96. The summed E-state index contributed by atoms with van der Waals surface area (Å²) in [7, 11) is 0. The molecule has 3 nitrogen and oxygen atoms in total. The maximum atomic E-state index is 13.2. The van der Waals surface area contributed by atoms with E-state index in [0.29, 0.717) is 18.4 Å². The van der Waals surface area contributed by atoms with Gasteiger partial charge in [-0.25, -0.2) is 8.78 Å². The molecule has 2 rings (SSSR count). The van der Waals surface area contributed by atoms with Crippen molar-refractivity contribution in [3.05, 3.63) is 47.3 Å². The highest BCUT2D eigenvalue weighted by Gasteiger charge is 2.05. The first-order chi connectivity index (χ1) is 7.25. The van der Waals surface area contributed by atoms with Gasteiger partial charge in [-0.05, 0) is 36.6 Å². The number of H-pyrrole nitrogens is 1. The summed E-state index contributed by atoms with van der Waals surface area (Å²) in [6.45, 7) is 0. The van der Waals surface area contributed by atoms with Crippen LogP contribution in [0.4, 0.5) is 8.78 Å². The van der Waals surface area contributed by atoms with Crippen LogP contribution in [0.2, 0.25) is 0 Å². The number of benzene rings is 1. The van der Waals surface area contributed by atoms with E-state index >= 15 is 0 Å². The molecule has 78 valence electrons. The van der Waals surface area contributed by atoms with Gasteiger partial charge >= 0.3 is 0 Å². The minimum Gasteiger partial charge on any atom is -0.207 e. The van der Waals surface area contributed by atoms with Crippen LogP contribution < -0.4 is 0 Å². The average molecular weight is 209 g/mol. The largest absolute Gasteiger partial charge is 0.207 e. The van der Waals surface area contributed by atoms with Gasteiger partial charge in [0, 0.05) is 0 Å². The summed E-state index contributed by atoms with van der Waals surface area (Å²) in [4.78, 5) is 0. The van der Waals surface area contributed by atoms with Crippen molar-refractivity contribution in [2.75, 3.05) is 0 Å². The topological polar surface area (TPSA) is 41.6 Å². The van der Waals surface area contributed by atoms with Crippen molar-refractivity contribution in [3.63, 3.8) is 0 Å². The fraction of sp³-hybridized carbons (Fsp3) is 0.200. The van der Waals surface area contributed by atoms with Gasteiger partial charge in [-0.3, -0.25) is 0 Å². The van der Waals surface area contributed by atoms with Crippen LogP contribution in [-0.4, -0.2) is 15.4 Å². The predicted molar refractivity (Wildman–Crippen MR) is 50.1 cm³/mol. The first-order valence-electron chi connectivity index (χ1n) is 4.54. The summed E-state index contributed by atoms with van der Waals surface area (Å²) >= 11 is 0. The Balaban J connectivity index is 2.07. The Bertz CT molecular complexity index is 440. The van der Waals surface area contributed by atoms with Crippen molar-refractivity contribution in [2.24, 2.45) is 0 Å². The third kappa shape index (κ3) is 2.37. The summed E-state index contributed by atoms with van der Waals surface area (Å²) < 4.78 is 26.0. The second-order valence-electron chi connectivity index (χ2n) is 3.20. The Morgan fingerprint density at radius 3 is 2.80 bits per heavy atom. The van der Waals surface area contributed by atoms with E-state index in [-0.39, 0.29) is 5.82 Å². The standard InChI is InChI=1S/C10H9F2N3/c11-8-2-4-10(12)7(5-8)1-3-9-6-13-15-14-9/h2,4-6H,1,3H2,(H,13,14,15). The van der Waals surface area contributed by atoms with Crippen molar-refractivity contribution < 1.29 is 8.78 Å². The molecular weight excluding hydrogens is 200 g/mol. The fourth-order valence-electron chi connectivity index (χ4n) is 1.34. The zero-order valence-corrected chi connectivity index (χ0v) is 7.87. The van der Waals surface area contributed by atoms with Gasteiger partial charge in [0.2, 0.25) is 0 Å². The smallest absolute Gasteiger partial charge is 0.126 e. The highest BCUT2D eigenvalue weighted by Crippen LogP contribution is 2.11. The van der Waals surface area contributed by atoms with Crippen LogP contribution in [0.1, 0.15) is 11.3 Å². The van der Waals surface area contributed by atoms with Gasteiger partial charge in [0.25, 0.3) is 0 Å². The minimum atomic E-state index is -0.424. The molecule has 0 aliphatic rings. The summed E-state index contributed by atoms with van der Waals surface area (Å²) in [5.41, 5.74) is 1.09. The van der Waals surface area contributed by atoms with Crippen LogP contribution in [0.5, 0.6) is 0 Å². The Hall–Kier alpha value is -1.78. The van der Waals surface area contributed by atoms with E-state index in [9.17, 15) is 8.78 Å². The van der Waals surface area contributed by atoms with Gasteiger partial charge in [0.05, 0.1) is 11.9 Å². The van der Waals surface area contributed by atoms with Gasteiger partial charge in [-0.15, -0.1) is 0 Å². The lowest BCUT2D eigenvalue weighted by atomic mass is 10.1. The molecule has 0 saturated heterocycles. The molecule has 0 unspecified atom stereocenters. The molecule has 0 radical (unpaired) electrons. The number of hydrogen-bond donors (Lipinski definition) is 1. The van der Waals surface area contributed by atoms with E-state index in [0.717, 1.165) is 17.8 Å². The SMILES string of the molecule is Fc1ccc(F)c(CCc2cn[nH]n2)c1. The molecule has 0 saturated carbocycles. The first-order valence-corrected chi connectivity index (χ1v) is 4.54. The highest BCUT2D eigenvalue weighted by atomic mass is 19.1. The number of aromatic amines is 1. The van der Waals surface area contributed by atoms with E-state index < -0.39 is 5.82 Å². The molecule has 1 heterocycles. The van der Waals surface area contributed by atoms with Crippen LogP contribution in [0.25, 0.3) is 0 Å². The zero-order valence-electron chi connectivity index (χ0n) is 7.87. The molecule has 0 bridgehead atoms. The molecule has 15 heavy (non-hydrogen) atoms. The molecule has 1 N–H and O–H groups in total. The molecule has 0 aliphatic heterocycles. The van der Waals surface area contributed by atoms with E-state index in [1.807, 2.05) is 0 Å². The molecule has 0 atom stereocenters.